The molecule has 42 heavy (non-hydrogen) atoms. The van der Waals surface area contributed by atoms with Crippen molar-refractivity contribution in [2.75, 3.05) is 42.7 Å². The maximum Gasteiger partial charge on any atom is 0.137 e. The highest BCUT2D eigenvalue weighted by atomic mass is 79.9. The summed E-state index contributed by atoms with van der Waals surface area (Å²) in [5, 5.41) is 0. The summed E-state index contributed by atoms with van der Waals surface area (Å²) >= 11 is 7.79. The van der Waals surface area contributed by atoms with Gasteiger partial charge in [0.15, 0.2) is 0 Å². The van der Waals surface area contributed by atoms with Gasteiger partial charge in [0, 0.05) is 35.1 Å². The predicted molar refractivity (Wildman–Crippen MR) is 173 cm³/mol. The van der Waals surface area contributed by atoms with Crippen LogP contribution in [-0.2, 0) is 0 Å². The number of ether oxygens (including phenoxy) is 6. The van der Waals surface area contributed by atoms with Crippen molar-refractivity contribution in [2.45, 2.75) is 11.8 Å². The second-order valence-electron chi connectivity index (χ2n) is 9.72. The van der Waals surface area contributed by atoms with E-state index in [1.807, 2.05) is 36.4 Å². The Balaban J connectivity index is 1.90. The number of rotatable bonds is 9. The molecule has 0 unspecified atom stereocenters. The van der Waals surface area contributed by atoms with Crippen molar-refractivity contribution in [1.82, 2.24) is 0 Å². The first kappa shape index (κ1) is 29.9. The van der Waals surface area contributed by atoms with E-state index in [-0.39, 0.29) is 11.8 Å². The summed E-state index contributed by atoms with van der Waals surface area (Å²) in [6.45, 7) is 0. The Morgan fingerprint density at radius 2 is 1.10 bits per heavy atom. The van der Waals surface area contributed by atoms with Gasteiger partial charge >= 0.3 is 0 Å². The third kappa shape index (κ3) is 5.34. The second-order valence-corrected chi connectivity index (χ2v) is 11.3. The van der Waals surface area contributed by atoms with Crippen LogP contribution in [0.2, 0.25) is 0 Å². The number of methoxy groups -OCH3 is 6. The lowest BCUT2D eigenvalue weighted by Crippen LogP contribution is -2.10. The molecule has 2 atom stereocenters. The van der Waals surface area contributed by atoms with E-state index in [1.54, 1.807) is 42.7 Å². The summed E-state index contributed by atoms with van der Waals surface area (Å²) in [7, 11) is 10.0. The van der Waals surface area contributed by atoms with Crippen LogP contribution in [0.15, 0.2) is 75.7 Å². The Labute approximate surface area is 263 Å². The fourth-order valence-electron chi connectivity index (χ4n) is 5.68. The summed E-state index contributed by atoms with van der Waals surface area (Å²) in [6.07, 6.45) is 2.22. The van der Waals surface area contributed by atoms with E-state index < -0.39 is 0 Å². The SMILES string of the molecule is COc1ccc(C=C2c3c(Br)c(OC)cc(OC)c3[C@@H](c3ccc(OC)cc3)[C@@H]2c2cc(OC)cc(OC)c2Br)cc1. The van der Waals surface area contributed by atoms with Gasteiger partial charge in [-0.2, -0.15) is 0 Å². The van der Waals surface area contributed by atoms with Crippen LogP contribution in [-0.4, -0.2) is 42.7 Å². The van der Waals surface area contributed by atoms with Gasteiger partial charge in [-0.25, -0.2) is 0 Å². The Kier molecular flexibility index (Phi) is 9.04. The normalized spacial score (nSPS) is 16.6. The van der Waals surface area contributed by atoms with Gasteiger partial charge in [0.05, 0.1) is 51.6 Å². The monoisotopic (exact) mass is 694 g/mol. The van der Waals surface area contributed by atoms with Crippen molar-refractivity contribution in [3.63, 3.8) is 0 Å². The first-order valence-electron chi connectivity index (χ1n) is 13.2. The number of benzene rings is 4. The molecule has 1 aliphatic rings. The number of allylic oxidation sites excluding steroid dienone is 1. The summed E-state index contributed by atoms with van der Waals surface area (Å²) in [4.78, 5) is 0. The summed E-state index contributed by atoms with van der Waals surface area (Å²) in [6, 6.07) is 22.1. The van der Waals surface area contributed by atoms with Gasteiger partial charge in [-0.3, -0.25) is 0 Å². The Bertz CT molecular complexity index is 1610. The quantitative estimate of drug-likeness (QED) is 0.175. The molecule has 8 heteroatoms. The van der Waals surface area contributed by atoms with Crippen LogP contribution in [0.3, 0.4) is 0 Å². The van der Waals surface area contributed by atoms with Crippen molar-refractivity contribution >= 4 is 43.5 Å². The molecule has 218 valence electrons. The fraction of sp³-hybridized carbons (Fsp3) is 0.235. The van der Waals surface area contributed by atoms with Crippen molar-refractivity contribution in [3.8, 4) is 34.5 Å². The van der Waals surface area contributed by atoms with E-state index in [4.69, 9.17) is 28.4 Å². The molecule has 0 bridgehead atoms. The smallest absolute Gasteiger partial charge is 0.137 e. The standard InChI is InChI=1S/C34H32Br2O6/c1-37-21-11-7-19(8-12-21)15-24-30(25-16-23(39-3)17-27(41-5)33(25)35)29(20-9-13-22(38-2)14-10-20)32-26(40-4)18-28(42-6)34(36)31(24)32/h7-18,29-30H,1-6H3/t29-,30-/m0/s1. The molecule has 1 aliphatic carbocycles. The van der Waals surface area contributed by atoms with Crippen LogP contribution in [0.4, 0.5) is 0 Å². The average Bonchev–Trinajstić information content (AvgIpc) is 3.36. The van der Waals surface area contributed by atoms with Crippen molar-refractivity contribution < 1.29 is 28.4 Å². The first-order valence-corrected chi connectivity index (χ1v) is 14.8. The van der Waals surface area contributed by atoms with Gasteiger partial charge in [-0.1, -0.05) is 30.3 Å². The number of fused-ring (bicyclic) bond motifs is 1. The predicted octanol–water partition coefficient (Wildman–Crippen LogP) is 8.73. The van der Waals surface area contributed by atoms with Gasteiger partial charge in [0.2, 0.25) is 0 Å². The van der Waals surface area contributed by atoms with Crippen LogP contribution in [0, 0.1) is 0 Å². The zero-order chi connectivity index (χ0) is 30.0. The minimum absolute atomic E-state index is 0.138. The molecule has 0 N–H and O–H groups in total. The molecular formula is C34H32Br2O6. The van der Waals surface area contributed by atoms with E-state index in [9.17, 15) is 0 Å². The molecule has 0 radical (unpaired) electrons. The van der Waals surface area contributed by atoms with Crippen LogP contribution >= 0.6 is 31.9 Å². The molecule has 4 aromatic carbocycles. The van der Waals surface area contributed by atoms with Crippen LogP contribution < -0.4 is 28.4 Å². The summed E-state index contributed by atoms with van der Waals surface area (Å²) in [5.74, 6) is 4.06. The van der Waals surface area contributed by atoms with Crippen molar-refractivity contribution in [2.24, 2.45) is 0 Å². The lowest BCUT2D eigenvalue weighted by atomic mass is 9.79. The largest absolute Gasteiger partial charge is 0.497 e. The topological polar surface area (TPSA) is 55.4 Å². The second kappa shape index (κ2) is 12.7. The maximum atomic E-state index is 6.05. The van der Waals surface area contributed by atoms with Crippen LogP contribution in [0.5, 0.6) is 34.5 Å². The lowest BCUT2D eigenvalue weighted by molar-refractivity contribution is 0.388. The number of hydrogen-bond donors (Lipinski definition) is 0. The van der Waals surface area contributed by atoms with Crippen LogP contribution in [0.25, 0.3) is 11.6 Å². The van der Waals surface area contributed by atoms with Crippen LogP contribution in [0.1, 0.15) is 39.7 Å². The van der Waals surface area contributed by atoms with E-state index in [1.165, 1.54) is 0 Å². The molecule has 0 fully saturated rings. The first-order chi connectivity index (χ1) is 20.4. The van der Waals surface area contributed by atoms with Gasteiger partial charge in [0.25, 0.3) is 0 Å². The third-order valence-electron chi connectivity index (χ3n) is 7.69. The zero-order valence-electron chi connectivity index (χ0n) is 24.3. The minimum atomic E-state index is -0.175. The third-order valence-corrected chi connectivity index (χ3v) is 9.32. The van der Waals surface area contributed by atoms with E-state index in [0.717, 1.165) is 59.6 Å². The van der Waals surface area contributed by atoms with Gasteiger partial charge in [-0.15, -0.1) is 0 Å². The molecule has 0 spiro atoms. The zero-order valence-corrected chi connectivity index (χ0v) is 27.5. The summed E-state index contributed by atoms with van der Waals surface area (Å²) in [5.41, 5.74) is 6.28. The van der Waals surface area contributed by atoms with E-state index in [2.05, 4.69) is 68.3 Å². The highest BCUT2D eigenvalue weighted by molar-refractivity contribution is 9.11. The minimum Gasteiger partial charge on any atom is -0.497 e. The average molecular weight is 696 g/mol. The molecule has 0 saturated carbocycles. The van der Waals surface area contributed by atoms with Gasteiger partial charge in [0.1, 0.15) is 34.5 Å². The molecular weight excluding hydrogens is 664 g/mol. The van der Waals surface area contributed by atoms with Gasteiger partial charge in [-0.05, 0) is 84.5 Å². The fourth-order valence-corrected chi connectivity index (χ4v) is 7.04. The van der Waals surface area contributed by atoms with Gasteiger partial charge < -0.3 is 28.4 Å². The Morgan fingerprint density at radius 1 is 0.548 bits per heavy atom. The van der Waals surface area contributed by atoms with Crippen molar-refractivity contribution in [3.05, 3.63) is 103 Å². The Morgan fingerprint density at radius 3 is 1.64 bits per heavy atom. The maximum absolute atomic E-state index is 6.05. The molecule has 0 aromatic heterocycles. The number of halogens is 2. The molecule has 5 rings (SSSR count). The molecule has 0 heterocycles. The molecule has 4 aromatic rings. The van der Waals surface area contributed by atoms with E-state index in [0.29, 0.717) is 17.2 Å². The van der Waals surface area contributed by atoms with E-state index >= 15 is 0 Å². The lowest BCUT2D eigenvalue weighted by Gasteiger charge is -2.26. The summed E-state index contributed by atoms with van der Waals surface area (Å²) < 4.78 is 36.0. The highest BCUT2D eigenvalue weighted by Gasteiger charge is 2.44. The number of hydrogen-bond acceptors (Lipinski definition) is 6. The molecule has 6 nitrogen and oxygen atoms in total. The molecule has 0 saturated heterocycles. The van der Waals surface area contributed by atoms with Crippen molar-refractivity contribution in [1.29, 1.82) is 0 Å². The molecule has 0 amide bonds. The Hall–Kier alpha value is -3.62. The highest BCUT2D eigenvalue weighted by Crippen LogP contribution is 2.62. The molecule has 0 aliphatic heterocycles.